The predicted octanol–water partition coefficient (Wildman–Crippen LogP) is 5.74. The number of aromatic nitrogens is 2. The summed E-state index contributed by atoms with van der Waals surface area (Å²) in [6.45, 7) is 1.70. The number of rotatable bonds is 4. The summed E-state index contributed by atoms with van der Waals surface area (Å²) < 4.78 is 20.3. The summed E-state index contributed by atoms with van der Waals surface area (Å²) in [6, 6.07) is 11.0. The number of amides is 2. The van der Waals surface area contributed by atoms with Crippen LogP contribution in [0.4, 0.5) is 9.18 Å². The predicted molar refractivity (Wildman–Crippen MR) is 151 cm³/mol. The molecule has 2 aromatic carbocycles. The Morgan fingerprint density at radius 2 is 1.93 bits per heavy atom. The maximum atomic E-state index is 13.7. The molecule has 11 heteroatoms. The molecule has 1 aliphatic carbocycles. The SMILES string of the molecule is COC(=O)N1CC(=Cc2ccc(F)cc2)c2c(c(C(=O)NN3CC4=CCCC4C3)nn2-c2ccc(Cl)cc2Cl)C1. The first-order valence-corrected chi connectivity index (χ1v) is 13.7. The maximum Gasteiger partial charge on any atom is 0.410 e. The topological polar surface area (TPSA) is 79.7 Å². The minimum Gasteiger partial charge on any atom is -0.453 e. The molecular formula is C29H26Cl2FN5O3. The Morgan fingerprint density at radius 1 is 1.12 bits per heavy atom. The lowest BCUT2D eigenvalue weighted by Crippen LogP contribution is -2.42. The van der Waals surface area contributed by atoms with Gasteiger partial charge in [-0.15, -0.1) is 0 Å². The summed E-state index contributed by atoms with van der Waals surface area (Å²) in [7, 11) is 1.31. The van der Waals surface area contributed by atoms with Crippen LogP contribution in [-0.4, -0.2) is 58.4 Å². The number of hydrogen-bond donors (Lipinski definition) is 1. The van der Waals surface area contributed by atoms with Gasteiger partial charge in [-0.05, 0) is 66.3 Å². The van der Waals surface area contributed by atoms with Crippen LogP contribution in [0.5, 0.6) is 0 Å². The van der Waals surface area contributed by atoms with Crippen LogP contribution in [0.25, 0.3) is 17.3 Å². The zero-order valence-corrected chi connectivity index (χ0v) is 23.2. The molecule has 8 nitrogen and oxygen atoms in total. The van der Waals surface area contributed by atoms with Crippen molar-refractivity contribution in [3.05, 3.63) is 92.5 Å². The van der Waals surface area contributed by atoms with Gasteiger partial charge in [-0.3, -0.25) is 15.1 Å². The third-order valence-corrected chi connectivity index (χ3v) is 8.05. The van der Waals surface area contributed by atoms with Crippen LogP contribution in [0.3, 0.4) is 0 Å². The van der Waals surface area contributed by atoms with Gasteiger partial charge in [-0.2, -0.15) is 5.10 Å². The second-order valence-corrected chi connectivity index (χ2v) is 10.9. The molecule has 1 aromatic heterocycles. The number of methoxy groups -OCH3 is 1. The first-order chi connectivity index (χ1) is 19.3. The lowest BCUT2D eigenvalue weighted by molar-refractivity contribution is 0.0812. The highest BCUT2D eigenvalue weighted by molar-refractivity contribution is 6.35. The molecule has 0 spiro atoms. The standard InChI is InChI=1S/C29H26Cl2FN5O3/c1-40-29(39)35-13-20(11-17-5-8-22(32)9-6-17)27-23(16-35)26(33-37(27)25-10-7-21(30)12-24(25)31)28(38)34-36-14-18-3-2-4-19(18)15-36/h3,5-12,19H,2,4,13-16H2,1H3,(H,34,38). The molecule has 2 amide bonds. The smallest absolute Gasteiger partial charge is 0.410 e. The number of benzene rings is 2. The molecular weight excluding hydrogens is 556 g/mol. The Labute approximate surface area is 240 Å². The van der Waals surface area contributed by atoms with E-state index in [1.807, 2.05) is 11.1 Å². The van der Waals surface area contributed by atoms with Crippen LogP contribution in [0, 0.1) is 11.7 Å². The Hall–Kier alpha value is -3.66. The van der Waals surface area contributed by atoms with E-state index in [0.29, 0.717) is 50.6 Å². The van der Waals surface area contributed by atoms with Gasteiger partial charge >= 0.3 is 6.09 Å². The number of carbonyl (C=O) groups is 2. The van der Waals surface area contributed by atoms with Gasteiger partial charge in [0.1, 0.15) is 5.82 Å². The van der Waals surface area contributed by atoms with Gasteiger partial charge in [0.25, 0.3) is 5.91 Å². The van der Waals surface area contributed by atoms with Crippen molar-refractivity contribution in [3.63, 3.8) is 0 Å². The zero-order valence-electron chi connectivity index (χ0n) is 21.7. The number of allylic oxidation sites excluding steroid dienone is 1. The van der Waals surface area contributed by atoms with E-state index in [2.05, 4.69) is 11.5 Å². The maximum absolute atomic E-state index is 13.7. The molecule has 2 aliphatic heterocycles. The molecule has 3 aromatic rings. The van der Waals surface area contributed by atoms with Gasteiger partial charge in [0.15, 0.2) is 5.69 Å². The van der Waals surface area contributed by atoms with Crippen molar-refractivity contribution < 1.29 is 18.7 Å². The van der Waals surface area contributed by atoms with Gasteiger partial charge in [0.05, 0.1) is 36.6 Å². The van der Waals surface area contributed by atoms with E-state index in [4.69, 9.17) is 33.0 Å². The molecule has 1 fully saturated rings. The first kappa shape index (κ1) is 26.6. The molecule has 0 bridgehead atoms. The molecule has 1 N–H and O–H groups in total. The monoisotopic (exact) mass is 581 g/mol. The largest absolute Gasteiger partial charge is 0.453 e. The van der Waals surface area contributed by atoms with Gasteiger partial charge < -0.3 is 4.74 Å². The lowest BCUT2D eigenvalue weighted by Gasteiger charge is -2.29. The number of ether oxygens (including phenoxy) is 1. The van der Waals surface area contributed by atoms with Gasteiger partial charge in [-0.25, -0.2) is 18.9 Å². The number of nitrogens with zero attached hydrogens (tertiary/aromatic N) is 4. The van der Waals surface area contributed by atoms with E-state index in [9.17, 15) is 14.0 Å². The van der Waals surface area contributed by atoms with Crippen LogP contribution < -0.4 is 5.43 Å². The average molecular weight is 582 g/mol. The fourth-order valence-corrected chi connectivity index (χ4v) is 6.14. The number of nitrogens with one attached hydrogen (secondary N) is 1. The Morgan fingerprint density at radius 3 is 2.65 bits per heavy atom. The van der Waals surface area contributed by atoms with Crippen molar-refractivity contribution in [3.8, 4) is 5.69 Å². The molecule has 40 heavy (non-hydrogen) atoms. The Balaban J connectivity index is 1.48. The van der Waals surface area contributed by atoms with Crippen molar-refractivity contribution in [2.24, 2.45) is 5.92 Å². The Bertz CT molecular complexity index is 1570. The van der Waals surface area contributed by atoms with Crippen LogP contribution in [-0.2, 0) is 11.3 Å². The fourth-order valence-electron chi connectivity index (χ4n) is 5.66. The summed E-state index contributed by atoms with van der Waals surface area (Å²) >= 11 is 12.8. The van der Waals surface area contributed by atoms with Crippen LogP contribution in [0.2, 0.25) is 10.0 Å². The molecule has 206 valence electrons. The third kappa shape index (κ3) is 5.00. The number of fused-ring (bicyclic) bond motifs is 2. The molecule has 0 radical (unpaired) electrons. The quantitative estimate of drug-likeness (QED) is 0.397. The van der Waals surface area contributed by atoms with Crippen LogP contribution in [0.15, 0.2) is 54.1 Å². The minimum absolute atomic E-state index is 0.102. The number of carbonyl (C=O) groups excluding carboxylic acids is 2. The molecule has 1 saturated heterocycles. The van der Waals surface area contributed by atoms with Crippen molar-refractivity contribution >= 4 is 46.9 Å². The van der Waals surface area contributed by atoms with Crippen molar-refractivity contribution in [2.75, 3.05) is 26.7 Å². The summed E-state index contributed by atoms with van der Waals surface area (Å²) in [5, 5.41) is 7.47. The van der Waals surface area contributed by atoms with Crippen molar-refractivity contribution in [1.82, 2.24) is 25.1 Å². The molecule has 0 saturated carbocycles. The summed E-state index contributed by atoms with van der Waals surface area (Å²) in [6.07, 6.45) is 5.71. The highest BCUT2D eigenvalue weighted by Crippen LogP contribution is 2.37. The van der Waals surface area contributed by atoms with Gasteiger partial charge in [0.2, 0.25) is 0 Å². The third-order valence-electron chi connectivity index (χ3n) is 7.51. The van der Waals surface area contributed by atoms with E-state index in [-0.39, 0.29) is 30.5 Å². The van der Waals surface area contributed by atoms with Gasteiger partial charge in [0, 0.05) is 23.7 Å². The number of hydrogen-bond acceptors (Lipinski definition) is 5. The fraction of sp³-hybridized carbons (Fsp3) is 0.276. The Kier molecular flexibility index (Phi) is 7.12. The number of halogens is 3. The second kappa shape index (κ2) is 10.7. The van der Waals surface area contributed by atoms with Gasteiger partial charge in [-0.1, -0.05) is 47.0 Å². The minimum atomic E-state index is -0.543. The lowest BCUT2D eigenvalue weighted by atomic mass is 9.97. The molecule has 3 heterocycles. The average Bonchev–Trinajstić information content (AvgIpc) is 3.63. The van der Waals surface area contributed by atoms with E-state index in [1.54, 1.807) is 35.0 Å². The van der Waals surface area contributed by atoms with E-state index in [0.717, 1.165) is 19.4 Å². The summed E-state index contributed by atoms with van der Waals surface area (Å²) in [5.74, 6) is -0.283. The van der Waals surface area contributed by atoms with E-state index < -0.39 is 6.09 Å². The second-order valence-electron chi connectivity index (χ2n) is 10.1. The highest BCUT2D eigenvalue weighted by atomic mass is 35.5. The van der Waals surface area contributed by atoms with Crippen molar-refractivity contribution in [1.29, 1.82) is 0 Å². The van der Waals surface area contributed by atoms with E-state index in [1.165, 1.54) is 29.7 Å². The normalized spacial score (nSPS) is 19.4. The zero-order chi connectivity index (χ0) is 28.0. The van der Waals surface area contributed by atoms with Crippen LogP contribution in [0.1, 0.15) is 40.2 Å². The molecule has 1 unspecified atom stereocenters. The summed E-state index contributed by atoms with van der Waals surface area (Å²) in [5.41, 5.74) is 7.63. The molecule has 3 aliphatic rings. The molecule has 6 rings (SSSR count). The van der Waals surface area contributed by atoms with E-state index >= 15 is 0 Å². The number of hydrazine groups is 1. The van der Waals surface area contributed by atoms with Crippen LogP contribution >= 0.6 is 23.2 Å². The first-order valence-electron chi connectivity index (χ1n) is 12.9. The molecule has 1 atom stereocenters. The summed E-state index contributed by atoms with van der Waals surface area (Å²) in [4.78, 5) is 27.9. The van der Waals surface area contributed by atoms with Crippen molar-refractivity contribution in [2.45, 2.75) is 19.4 Å². The highest BCUT2D eigenvalue weighted by Gasteiger charge is 2.36.